The quantitative estimate of drug-likeness (QED) is 0.0215. The van der Waals surface area contributed by atoms with Crippen molar-refractivity contribution in [3.8, 4) is 16.9 Å². The number of aryl methyl sites for hydroxylation is 1. The number of carbonyl (C=O) groups is 3. The van der Waals surface area contributed by atoms with Crippen molar-refractivity contribution in [3.63, 3.8) is 0 Å². The molecular formula is C44H58N4O9S2. The van der Waals surface area contributed by atoms with Crippen LogP contribution in [0.2, 0.25) is 0 Å². The Labute approximate surface area is 356 Å². The van der Waals surface area contributed by atoms with Gasteiger partial charge in [-0.15, -0.1) is 11.7 Å². The summed E-state index contributed by atoms with van der Waals surface area (Å²) < 4.78 is 28.7. The fourth-order valence-electron chi connectivity index (χ4n) is 5.88. The Morgan fingerprint density at radius 3 is 2.15 bits per heavy atom. The molecule has 2 amide bonds. The Balaban J connectivity index is 1.19. The van der Waals surface area contributed by atoms with Crippen molar-refractivity contribution in [2.45, 2.75) is 57.2 Å². The van der Waals surface area contributed by atoms with Gasteiger partial charge in [-0.25, -0.2) is 4.98 Å². The summed E-state index contributed by atoms with van der Waals surface area (Å²) in [4.78, 5) is 41.2. The van der Waals surface area contributed by atoms with Crippen molar-refractivity contribution >= 4 is 56.8 Å². The van der Waals surface area contributed by atoms with Gasteiger partial charge < -0.3 is 44.7 Å². The number of ether oxygens (including phenoxy) is 5. The maximum Gasteiger partial charge on any atom is 0.305 e. The molecule has 0 aliphatic rings. The van der Waals surface area contributed by atoms with Gasteiger partial charge in [0, 0.05) is 30.5 Å². The normalized spacial score (nSPS) is 11.9. The van der Waals surface area contributed by atoms with Gasteiger partial charge in [0.05, 0.1) is 65.3 Å². The third-order valence-corrected chi connectivity index (χ3v) is 11.3. The largest absolute Gasteiger partial charge is 0.491 e. The minimum Gasteiger partial charge on any atom is -0.491 e. The number of aliphatic carboxylic acids is 1. The first kappa shape index (κ1) is 47.3. The molecule has 0 aliphatic heterocycles. The predicted molar refractivity (Wildman–Crippen MR) is 236 cm³/mol. The lowest BCUT2D eigenvalue weighted by atomic mass is 9.95. The standard InChI is InChI=1S/C44H58N4O9S2/c1-32-14-17-46-40(27-32)45-16-6-9-41(49)47-31-42(50)48-39(30-43(51)52)34-12-10-33(11-13-34)38-29-36(28-35-7-4-5-8-37(35)38)57-26-25-56-24-23-55-22-21-54-20-19-53-18-15-44(2,3)59-58/h4-5,7-8,10-14,17,27-29,39,58H,6,9,15-16,18-26,30-31H2,1-3H3,(H,45,46)(H,47,49)(H,48,50)(H,51,52)/t39-/m0/s1. The number of nitrogens with zero attached hydrogens (tertiary/aromatic N) is 1. The van der Waals surface area contributed by atoms with Gasteiger partial charge in [0.25, 0.3) is 0 Å². The number of hydrogen-bond acceptors (Lipinski definition) is 12. The van der Waals surface area contributed by atoms with E-state index in [2.05, 4.69) is 46.4 Å². The van der Waals surface area contributed by atoms with Crippen molar-refractivity contribution in [1.82, 2.24) is 15.6 Å². The van der Waals surface area contributed by atoms with Crippen LogP contribution < -0.4 is 20.7 Å². The monoisotopic (exact) mass is 850 g/mol. The average molecular weight is 851 g/mol. The smallest absolute Gasteiger partial charge is 0.305 e. The number of carboxylic acid groups (broad SMARTS) is 1. The third kappa shape index (κ3) is 18.2. The molecule has 0 fully saturated rings. The number of pyridine rings is 1. The lowest BCUT2D eigenvalue weighted by Gasteiger charge is -2.20. The summed E-state index contributed by atoms with van der Waals surface area (Å²) in [6.07, 6.45) is 3.10. The van der Waals surface area contributed by atoms with Crippen molar-refractivity contribution < 1.29 is 43.2 Å². The molecular weight excluding hydrogens is 793 g/mol. The highest BCUT2D eigenvalue weighted by molar-refractivity contribution is 8.69. The number of hydrogen-bond donors (Lipinski definition) is 5. The van der Waals surface area contributed by atoms with Gasteiger partial charge in [-0.05, 0) is 90.9 Å². The first-order valence-electron chi connectivity index (χ1n) is 19.9. The highest BCUT2D eigenvalue weighted by Crippen LogP contribution is 2.34. The molecule has 1 heterocycles. The number of fused-ring (bicyclic) bond motifs is 1. The van der Waals surface area contributed by atoms with E-state index in [9.17, 15) is 19.5 Å². The molecule has 0 saturated heterocycles. The number of anilines is 1. The summed E-state index contributed by atoms with van der Waals surface area (Å²) in [6, 6.07) is 22.4. The molecule has 0 aliphatic carbocycles. The van der Waals surface area contributed by atoms with Crippen LogP contribution in [0.15, 0.2) is 79.0 Å². The van der Waals surface area contributed by atoms with Gasteiger partial charge in [0.2, 0.25) is 11.8 Å². The van der Waals surface area contributed by atoms with Crippen LogP contribution in [-0.4, -0.2) is 105 Å². The van der Waals surface area contributed by atoms with Crippen LogP contribution in [0.3, 0.4) is 0 Å². The zero-order valence-electron chi connectivity index (χ0n) is 34.2. The van der Waals surface area contributed by atoms with E-state index in [4.69, 9.17) is 23.7 Å². The van der Waals surface area contributed by atoms with Crippen LogP contribution in [0.4, 0.5) is 5.82 Å². The molecule has 0 saturated carbocycles. The minimum atomic E-state index is -1.06. The lowest BCUT2D eigenvalue weighted by Crippen LogP contribution is -2.39. The number of benzene rings is 3. The summed E-state index contributed by atoms with van der Waals surface area (Å²) in [7, 11) is 1.54. The van der Waals surface area contributed by atoms with Gasteiger partial charge in [-0.3, -0.25) is 14.4 Å². The Morgan fingerprint density at radius 1 is 0.831 bits per heavy atom. The first-order valence-corrected chi connectivity index (χ1v) is 21.7. The molecule has 320 valence electrons. The number of carboxylic acids is 1. The second kappa shape index (κ2) is 26.0. The maximum atomic E-state index is 12.8. The molecule has 0 unspecified atom stereocenters. The zero-order valence-corrected chi connectivity index (χ0v) is 35.9. The molecule has 3 aromatic carbocycles. The van der Waals surface area contributed by atoms with Gasteiger partial charge in [0.1, 0.15) is 18.2 Å². The molecule has 0 spiro atoms. The topological polar surface area (TPSA) is 167 Å². The first-order chi connectivity index (χ1) is 28.5. The van der Waals surface area contributed by atoms with E-state index in [1.165, 1.54) is 10.8 Å². The molecule has 59 heavy (non-hydrogen) atoms. The van der Waals surface area contributed by atoms with Gasteiger partial charge >= 0.3 is 5.97 Å². The number of rotatable bonds is 29. The summed E-state index contributed by atoms with van der Waals surface area (Å²) in [6.45, 7) is 10.9. The molecule has 1 atom stereocenters. The molecule has 13 nitrogen and oxygen atoms in total. The van der Waals surface area contributed by atoms with Crippen LogP contribution in [0.5, 0.6) is 5.75 Å². The number of nitrogens with one attached hydrogen (secondary N) is 3. The predicted octanol–water partition coefficient (Wildman–Crippen LogP) is 7.04. The van der Waals surface area contributed by atoms with E-state index in [0.717, 1.165) is 39.7 Å². The Hall–Kier alpha value is -4.38. The Bertz CT molecular complexity index is 1900. The second-order valence-electron chi connectivity index (χ2n) is 14.5. The van der Waals surface area contributed by atoms with Crippen LogP contribution >= 0.6 is 22.5 Å². The van der Waals surface area contributed by atoms with Gasteiger partial charge in [0.15, 0.2) is 0 Å². The number of amides is 2. The van der Waals surface area contributed by atoms with E-state index in [-0.39, 0.29) is 30.0 Å². The van der Waals surface area contributed by atoms with Crippen LogP contribution in [0.1, 0.15) is 56.7 Å². The van der Waals surface area contributed by atoms with E-state index < -0.39 is 17.9 Å². The molecule has 1 aromatic heterocycles. The molecule has 0 radical (unpaired) electrons. The summed E-state index contributed by atoms with van der Waals surface area (Å²) in [5.74, 6) is -0.391. The Morgan fingerprint density at radius 2 is 1.49 bits per heavy atom. The average Bonchev–Trinajstić information content (AvgIpc) is 3.22. The van der Waals surface area contributed by atoms with Crippen molar-refractivity contribution in [1.29, 1.82) is 0 Å². The van der Waals surface area contributed by atoms with Crippen molar-refractivity contribution in [2.75, 3.05) is 77.9 Å². The molecule has 4 rings (SSSR count). The Kier molecular flexibility index (Phi) is 20.8. The third-order valence-electron chi connectivity index (χ3n) is 9.13. The van der Waals surface area contributed by atoms with Crippen LogP contribution in [-0.2, 0) is 33.3 Å². The molecule has 15 heteroatoms. The van der Waals surface area contributed by atoms with Gasteiger partial charge in [-0.1, -0.05) is 59.3 Å². The fraction of sp³-hybridized carbons (Fsp3) is 0.455. The number of aromatic nitrogens is 1. The van der Waals surface area contributed by atoms with Gasteiger partial charge in [-0.2, -0.15) is 0 Å². The summed E-state index contributed by atoms with van der Waals surface area (Å²) in [5.41, 5.74) is 3.55. The SMILES string of the molecule is Cc1ccnc(NCCCC(=O)NCC(=O)N[C@@H](CC(=O)O)c2ccc(-c3cc(OCCOCCOCCOCCOCCC(C)(C)SS)cc4ccccc34)cc2)c1. The summed E-state index contributed by atoms with van der Waals surface area (Å²) >= 11 is 4.28. The highest BCUT2D eigenvalue weighted by Gasteiger charge is 2.20. The van der Waals surface area contributed by atoms with E-state index >= 15 is 0 Å². The van der Waals surface area contributed by atoms with E-state index in [1.807, 2.05) is 79.7 Å². The molecule has 0 bridgehead atoms. The lowest BCUT2D eigenvalue weighted by molar-refractivity contribution is -0.138. The molecule has 4 aromatic rings. The van der Waals surface area contributed by atoms with E-state index in [1.54, 1.807) is 6.20 Å². The summed E-state index contributed by atoms with van der Waals surface area (Å²) in [5, 5.41) is 20.2. The van der Waals surface area contributed by atoms with Crippen LogP contribution in [0, 0.1) is 6.92 Å². The fourth-order valence-corrected chi connectivity index (χ4v) is 6.33. The van der Waals surface area contributed by atoms with Crippen LogP contribution in [0.25, 0.3) is 21.9 Å². The maximum absolute atomic E-state index is 12.8. The van der Waals surface area contributed by atoms with E-state index in [0.29, 0.717) is 83.7 Å². The van der Waals surface area contributed by atoms with Crippen molar-refractivity contribution in [2.24, 2.45) is 0 Å². The number of carbonyl (C=O) groups excluding carboxylic acids is 2. The minimum absolute atomic E-state index is 0.0927. The molecule has 4 N–H and O–H groups in total. The zero-order chi connectivity index (χ0) is 42.3. The highest BCUT2D eigenvalue weighted by atomic mass is 33.1. The van der Waals surface area contributed by atoms with Crippen molar-refractivity contribution in [3.05, 3.63) is 90.1 Å². The second-order valence-corrected chi connectivity index (χ2v) is 16.3. The number of thiol groups is 1.